The molecule has 0 aliphatic carbocycles. The number of fused-ring (bicyclic) bond motifs is 1. The van der Waals surface area contributed by atoms with Crippen molar-refractivity contribution >= 4 is 29.1 Å². The third-order valence-corrected chi connectivity index (χ3v) is 4.30. The summed E-state index contributed by atoms with van der Waals surface area (Å²) in [5, 5.41) is 6.59. The van der Waals surface area contributed by atoms with Crippen molar-refractivity contribution in [1.82, 2.24) is 9.97 Å². The van der Waals surface area contributed by atoms with Crippen LogP contribution in [0.3, 0.4) is 0 Å². The lowest BCUT2D eigenvalue weighted by atomic mass is 10.2. The van der Waals surface area contributed by atoms with Crippen LogP contribution in [0, 0.1) is 0 Å². The first-order chi connectivity index (χ1) is 13.7. The minimum absolute atomic E-state index is 0.253. The number of anilines is 2. The predicted molar refractivity (Wildman–Crippen MR) is 106 cm³/mol. The fourth-order valence-corrected chi connectivity index (χ4v) is 2.80. The zero-order chi connectivity index (χ0) is 19.3. The molecule has 0 fully saturated rings. The Morgan fingerprint density at radius 2 is 1.82 bits per heavy atom. The summed E-state index contributed by atoms with van der Waals surface area (Å²) < 4.78 is 11.0. The molecule has 8 heteroatoms. The van der Waals surface area contributed by atoms with E-state index in [1.54, 1.807) is 24.3 Å². The lowest BCUT2D eigenvalue weighted by Gasteiger charge is -2.19. The standard InChI is InChI=1S/C20H17ClN4O3/c21-14-3-1-13(2-4-14)12-23-20-22-8-7-16(25-20)19(26)24-15-5-6-17-18(11-15)28-10-9-27-17/h1-8,11H,9-10,12H2,(H,24,26)(H,22,23,25). The van der Waals surface area contributed by atoms with Gasteiger partial charge in [0.2, 0.25) is 5.95 Å². The number of aromatic nitrogens is 2. The van der Waals surface area contributed by atoms with Crippen LogP contribution in [0.15, 0.2) is 54.7 Å². The van der Waals surface area contributed by atoms with Gasteiger partial charge in [-0.05, 0) is 35.9 Å². The molecule has 2 aromatic carbocycles. The Kier molecular flexibility index (Phi) is 5.25. The van der Waals surface area contributed by atoms with E-state index < -0.39 is 0 Å². The summed E-state index contributed by atoms with van der Waals surface area (Å²) in [7, 11) is 0. The van der Waals surface area contributed by atoms with Crippen LogP contribution in [0.25, 0.3) is 0 Å². The third-order valence-electron chi connectivity index (χ3n) is 4.05. The molecule has 0 unspecified atom stereocenters. The Hall–Kier alpha value is -3.32. The minimum atomic E-state index is -0.339. The van der Waals surface area contributed by atoms with E-state index in [4.69, 9.17) is 21.1 Å². The zero-order valence-electron chi connectivity index (χ0n) is 14.8. The number of carbonyl (C=O) groups is 1. The summed E-state index contributed by atoms with van der Waals surface area (Å²) in [6, 6.07) is 14.3. The second kappa shape index (κ2) is 8.14. The normalized spacial score (nSPS) is 12.3. The Labute approximate surface area is 166 Å². The molecule has 2 heterocycles. The van der Waals surface area contributed by atoms with Gasteiger partial charge < -0.3 is 20.1 Å². The largest absolute Gasteiger partial charge is 0.486 e. The molecule has 142 valence electrons. The highest BCUT2D eigenvalue weighted by molar-refractivity contribution is 6.30. The van der Waals surface area contributed by atoms with Crippen LogP contribution in [-0.4, -0.2) is 29.1 Å². The van der Waals surface area contributed by atoms with Gasteiger partial charge in [0.1, 0.15) is 18.9 Å². The fourth-order valence-electron chi connectivity index (χ4n) is 2.67. The number of hydrogen-bond donors (Lipinski definition) is 2. The second-order valence-electron chi connectivity index (χ2n) is 6.06. The number of benzene rings is 2. The summed E-state index contributed by atoms with van der Waals surface area (Å²) >= 11 is 5.89. The number of halogens is 1. The maximum Gasteiger partial charge on any atom is 0.274 e. The van der Waals surface area contributed by atoms with Crippen LogP contribution >= 0.6 is 11.6 Å². The van der Waals surface area contributed by atoms with E-state index >= 15 is 0 Å². The molecule has 1 amide bonds. The van der Waals surface area contributed by atoms with Gasteiger partial charge >= 0.3 is 0 Å². The SMILES string of the molecule is O=C(Nc1ccc2c(c1)OCCO2)c1ccnc(NCc2ccc(Cl)cc2)n1. The van der Waals surface area contributed by atoms with Crippen molar-refractivity contribution in [3.05, 3.63) is 71.0 Å². The summed E-state index contributed by atoms with van der Waals surface area (Å²) in [4.78, 5) is 21.0. The molecule has 0 bridgehead atoms. The third kappa shape index (κ3) is 4.32. The van der Waals surface area contributed by atoms with Gasteiger partial charge in [-0.25, -0.2) is 9.97 Å². The molecule has 1 aliphatic rings. The molecular formula is C20H17ClN4O3. The van der Waals surface area contributed by atoms with E-state index in [9.17, 15) is 4.79 Å². The topological polar surface area (TPSA) is 85.4 Å². The quantitative estimate of drug-likeness (QED) is 0.683. The molecule has 0 radical (unpaired) electrons. The Bertz CT molecular complexity index is 995. The molecule has 1 aromatic heterocycles. The molecule has 0 atom stereocenters. The Morgan fingerprint density at radius 3 is 2.64 bits per heavy atom. The van der Waals surface area contributed by atoms with Gasteiger partial charge in [-0.15, -0.1) is 0 Å². The van der Waals surface area contributed by atoms with E-state index in [0.29, 0.717) is 47.9 Å². The minimum Gasteiger partial charge on any atom is -0.486 e. The highest BCUT2D eigenvalue weighted by Crippen LogP contribution is 2.32. The van der Waals surface area contributed by atoms with E-state index in [0.717, 1.165) is 5.56 Å². The average molecular weight is 397 g/mol. The van der Waals surface area contributed by atoms with Gasteiger partial charge in [0.05, 0.1) is 0 Å². The van der Waals surface area contributed by atoms with Crippen molar-refractivity contribution in [3.63, 3.8) is 0 Å². The van der Waals surface area contributed by atoms with Crippen molar-refractivity contribution in [1.29, 1.82) is 0 Å². The fraction of sp³-hybridized carbons (Fsp3) is 0.150. The molecule has 4 rings (SSSR count). The molecule has 7 nitrogen and oxygen atoms in total. The number of rotatable bonds is 5. The number of carbonyl (C=O) groups excluding carboxylic acids is 1. The highest BCUT2D eigenvalue weighted by atomic mass is 35.5. The Balaban J connectivity index is 1.42. The van der Waals surface area contributed by atoms with Crippen molar-refractivity contribution in [2.75, 3.05) is 23.8 Å². The lowest BCUT2D eigenvalue weighted by Crippen LogP contribution is -2.17. The van der Waals surface area contributed by atoms with Crippen LogP contribution in [0.5, 0.6) is 11.5 Å². The lowest BCUT2D eigenvalue weighted by molar-refractivity contribution is 0.102. The maximum atomic E-state index is 12.5. The van der Waals surface area contributed by atoms with Crippen LogP contribution in [-0.2, 0) is 6.54 Å². The molecule has 28 heavy (non-hydrogen) atoms. The first-order valence-electron chi connectivity index (χ1n) is 8.70. The summed E-state index contributed by atoms with van der Waals surface area (Å²) in [5.41, 5.74) is 1.88. The number of ether oxygens (including phenoxy) is 2. The van der Waals surface area contributed by atoms with Crippen LogP contribution in [0.4, 0.5) is 11.6 Å². The smallest absolute Gasteiger partial charge is 0.274 e. The number of hydrogen-bond acceptors (Lipinski definition) is 6. The van der Waals surface area contributed by atoms with Gasteiger partial charge in [0, 0.05) is 29.5 Å². The van der Waals surface area contributed by atoms with Crippen molar-refractivity contribution in [3.8, 4) is 11.5 Å². The average Bonchev–Trinajstić information content (AvgIpc) is 2.73. The molecule has 0 spiro atoms. The first kappa shape index (κ1) is 18.1. The van der Waals surface area contributed by atoms with Gasteiger partial charge in [-0.2, -0.15) is 0 Å². The zero-order valence-corrected chi connectivity index (χ0v) is 15.6. The van der Waals surface area contributed by atoms with Gasteiger partial charge in [-0.3, -0.25) is 4.79 Å². The number of nitrogens with zero attached hydrogens (tertiary/aromatic N) is 2. The van der Waals surface area contributed by atoms with E-state index in [2.05, 4.69) is 20.6 Å². The van der Waals surface area contributed by atoms with Crippen LogP contribution in [0.1, 0.15) is 16.1 Å². The van der Waals surface area contributed by atoms with Gasteiger partial charge in [-0.1, -0.05) is 23.7 Å². The summed E-state index contributed by atoms with van der Waals surface area (Å²) in [5.74, 6) is 1.30. The predicted octanol–water partition coefficient (Wildman–Crippen LogP) is 3.77. The number of amides is 1. The summed E-state index contributed by atoms with van der Waals surface area (Å²) in [6.07, 6.45) is 1.54. The maximum absolute atomic E-state index is 12.5. The molecule has 3 aromatic rings. The molecular weight excluding hydrogens is 380 g/mol. The molecule has 2 N–H and O–H groups in total. The molecule has 0 saturated heterocycles. The summed E-state index contributed by atoms with van der Waals surface area (Å²) in [6.45, 7) is 1.52. The van der Waals surface area contributed by atoms with E-state index in [1.165, 1.54) is 6.20 Å². The molecule has 1 aliphatic heterocycles. The second-order valence-corrected chi connectivity index (χ2v) is 6.49. The first-order valence-corrected chi connectivity index (χ1v) is 9.07. The van der Waals surface area contributed by atoms with Crippen LogP contribution < -0.4 is 20.1 Å². The van der Waals surface area contributed by atoms with Crippen LogP contribution in [0.2, 0.25) is 5.02 Å². The highest BCUT2D eigenvalue weighted by Gasteiger charge is 2.14. The van der Waals surface area contributed by atoms with Crippen molar-refractivity contribution in [2.45, 2.75) is 6.54 Å². The Morgan fingerprint density at radius 1 is 1.04 bits per heavy atom. The van der Waals surface area contributed by atoms with Crippen molar-refractivity contribution in [2.24, 2.45) is 0 Å². The van der Waals surface area contributed by atoms with E-state index in [-0.39, 0.29) is 11.6 Å². The number of nitrogens with one attached hydrogen (secondary N) is 2. The molecule has 0 saturated carbocycles. The van der Waals surface area contributed by atoms with Gasteiger partial charge in [0.15, 0.2) is 11.5 Å². The monoisotopic (exact) mass is 396 g/mol. The van der Waals surface area contributed by atoms with E-state index in [1.807, 2.05) is 24.3 Å². The van der Waals surface area contributed by atoms with Gasteiger partial charge in [0.25, 0.3) is 5.91 Å². The van der Waals surface area contributed by atoms with Crippen molar-refractivity contribution < 1.29 is 14.3 Å².